The second-order valence-corrected chi connectivity index (χ2v) is 7.35. The standard InChI is InChI=1S/C20H28N4O4/c1-5-10-21-16(25)11-22-17(26)12-24-18(27)20(4,23-19(24)28)15-8-6-14(7-9-15)13(2)3/h6-9,13H,5,10-12H2,1-4H3,(H,21,25)(H,22,26)(H,23,28)/t20-/m1/s1. The van der Waals surface area contributed by atoms with Crippen molar-refractivity contribution in [1.82, 2.24) is 20.9 Å². The van der Waals surface area contributed by atoms with Crippen LogP contribution in [-0.2, 0) is 19.9 Å². The Balaban J connectivity index is 2.02. The molecule has 28 heavy (non-hydrogen) atoms. The Morgan fingerprint density at radius 1 is 1.11 bits per heavy atom. The highest BCUT2D eigenvalue weighted by atomic mass is 16.2. The fourth-order valence-electron chi connectivity index (χ4n) is 2.94. The monoisotopic (exact) mass is 388 g/mol. The molecule has 2 rings (SSSR count). The fourth-order valence-corrected chi connectivity index (χ4v) is 2.94. The van der Waals surface area contributed by atoms with Crippen LogP contribution in [0.2, 0.25) is 0 Å². The van der Waals surface area contributed by atoms with Crippen molar-refractivity contribution in [1.29, 1.82) is 0 Å². The zero-order chi connectivity index (χ0) is 20.9. The first-order chi connectivity index (χ1) is 13.2. The Morgan fingerprint density at radius 2 is 1.75 bits per heavy atom. The molecule has 1 fully saturated rings. The van der Waals surface area contributed by atoms with Crippen LogP contribution in [0.4, 0.5) is 4.79 Å². The minimum atomic E-state index is -1.23. The molecule has 0 radical (unpaired) electrons. The van der Waals surface area contributed by atoms with Crippen LogP contribution in [0.25, 0.3) is 0 Å². The number of carbonyl (C=O) groups is 4. The Labute approximate surface area is 165 Å². The first-order valence-electron chi connectivity index (χ1n) is 9.47. The summed E-state index contributed by atoms with van der Waals surface area (Å²) in [7, 11) is 0. The van der Waals surface area contributed by atoms with Gasteiger partial charge in [-0.15, -0.1) is 0 Å². The van der Waals surface area contributed by atoms with Gasteiger partial charge in [0.15, 0.2) is 0 Å². The summed E-state index contributed by atoms with van der Waals surface area (Å²) in [5, 5.41) is 7.73. The van der Waals surface area contributed by atoms with Gasteiger partial charge in [0.1, 0.15) is 12.1 Å². The number of carbonyl (C=O) groups excluding carboxylic acids is 4. The van der Waals surface area contributed by atoms with E-state index in [-0.39, 0.29) is 12.5 Å². The molecule has 0 aromatic heterocycles. The van der Waals surface area contributed by atoms with Crippen molar-refractivity contribution in [2.24, 2.45) is 0 Å². The van der Waals surface area contributed by atoms with Gasteiger partial charge < -0.3 is 16.0 Å². The summed E-state index contributed by atoms with van der Waals surface area (Å²) in [6.07, 6.45) is 0.791. The normalized spacial score (nSPS) is 19.0. The Bertz CT molecular complexity index is 760. The van der Waals surface area contributed by atoms with E-state index in [0.717, 1.165) is 16.9 Å². The average Bonchev–Trinajstić information content (AvgIpc) is 2.88. The van der Waals surface area contributed by atoms with Gasteiger partial charge in [0.05, 0.1) is 6.54 Å². The highest BCUT2D eigenvalue weighted by Crippen LogP contribution is 2.29. The lowest BCUT2D eigenvalue weighted by molar-refractivity contribution is -0.135. The number of hydrogen-bond acceptors (Lipinski definition) is 4. The molecule has 1 atom stereocenters. The van der Waals surface area contributed by atoms with E-state index in [1.807, 2.05) is 31.2 Å². The summed E-state index contributed by atoms with van der Waals surface area (Å²) in [6.45, 7) is 7.57. The third-order valence-electron chi connectivity index (χ3n) is 4.75. The van der Waals surface area contributed by atoms with Gasteiger partial charge in [0.2, 0.25) is 11.8 Å². The molecule has 0 unspecified atom stereocenters. The molecule has 1 aromatic carbocycles. The average molecular weight is 388 g/mol. The van der Waals surface area contributed by atoms with Crippen LogP contribution < -0.4 is 16.0 Å². The van der Waals surface area contributed by atoms with Gasteiger partial charge in [-0.25, -0.2) is 4.79 Å². The highest BCUT2D eigenvalue weighted by molar-refractivity contribution is 6.09. The second-order valence-electron chi connectivity index (χ2n) is 7.35. The summed E-state index contributed by atoms with van der Waals surface area (Å²) in [6, 6.07) is 6.85. The molecule has 1 aliphatic heterocycles. The summed E-state index contributed by atoms with van der Waals surface area (Å²) >= 11 is 0. The van der Waals surface area contributed by atoms with Crippen molar-refractivity contribution >= 4 is 23.8 Å². The molecule has 0 bridgehead atoms. The fraction of sp³-hybridized carbons (Fsp3) is 0.500. The summed E-state index contributed by atoms with van der Waals surface area (Å²) in [4.78, 5) is 49.6. The van der Waals surface area contributed by atoms with Gasteiger partial charge in [0.25, 0.3) is 5.91 Å². The molecule has 0 spiro atoms. The lowest BCUT2D eigenvalue weighted by Gasteiger charge is -2.22. The molecular formula is C20H28N4O4. The molecule has 1 aliphatic rings. The molecular weight excluding hydrogens is 360 g/mol. The second kappa shape index (κ2) is 8.86. The number of hydrogen-bond donors (Lipinski definition) is 3. The number of urea groups is 1. The molecule has 8 nitrogen and oxygen atoms in total. The predicted octanol–water partition coefficient (Wildman–Crippen LogP) is 1.22. The Morgan fingerprint density at radius 3 is 2.32 bits per heavy atom. The maximum Gasteiger partial charge on any atom is 0.325 e. The summed E-state index contributed by atoms with van der Waals surface area (Å²) in [5.74, 6) is -1.04. The van der Waals surface area contributed by atoms with Crippen LogP contribution in [0, 0.1) is 0 Å². The van der Waals surface area contributed by atoms with Gasteiger partial charge in [-0.05, 0) is 30.4 Å². The van der Waals surface area contributed by atoms with E-state index >= 15 is 0 Å². The topological polar surface area (TPSA) is 108 Å². The quantitative estimate of drug-likeness (QED) is 0.582. The minimum Gasteiger partial charge on any atom is -0.355 e. The number of nitrogens with one attached hydrogen (secondary N) is 3. The van der Waals surface area contributed by atoms with E-state index < -0.39 is 29.9 Å². The molecule has 8 heteroatoms. The zero-order valence-electron chi connectivity index (χ0n) is 16.8. The van der Waals surface area contributed by atoms with E-state index in [1.165, 1.54) is 0 Å². The van der Waals surface area contributed by atoms with Crippen molar-refractivity contribution < 1.29 is 19.2 Å². The molecule has 0 aliphatic carbocycles. The molecule has 1 saturated heterocycles. The third kappa shape index (κ3) is 4.68. The van der Waals surface area contributed by atoms with Crippen LogP contribution in [0.1, 0.15) is 51.2 Å². The number of imide groups is 1. The van der Waals surface area contributed by atoms with Gasteiger partial charge in [0, 0.05) is 6.54 Å². The zero-order valence-corrected chi connectivity index (χ0v) is 16.8. The van der Waals surface area contributed by atoms with Crippen LogP contribution in [0.5, 0.6) is 0 Å². The van der Waals surface area contributed by atoms with Crippen LogP contribution in [0.3, 0.4) is 0 Å². The molecule has 5 amide bonds. The van der Waals surface area contributed by atoms with E-state index in [2.05, 4.69) is 29.8 Å². The smallest absolute Gasteiger partial charge is 0.325 e. The van der Waals surface area contributed by atoms with Crippen LogP contribution in [0.15, 0.2) is 24.3 Å². The van der Waals surface area contributed by atoms with Crippen molar-refractivity contribution in [2.45, 2.75) is 45.6 Å². The third-order valence-corrected chi connectivity index (χ3v) is 4.75. The predicted molar refractivity (Wildman–Crippen MR) is 104 cm³/mol. The number of benzene rings is 1. The first-order valence-corrected chi connectivity index (χ1v) is 9.47. The number of nitrogens with zero attached hydrogens (tertiary/aromatic N) is 1. The molecule has 152 valence electrons. The van der Waals surface area contributed by atoms with Gasteiger partial charge >= 0.3 is 6.03 Å². The van der Waals surface area contributed by atoms with E-state index in [9.17, 15) is 19.2 Å². The number of amides is 5. The van der Waals surface area contributed by atoms with Gasteiger partial charge in [-0.1, -0.05) is 45.0 Å². The molecule has 3 N–H and O–H groups in total. The lowest BCUT2D eigenvalue weighted by atomic mass is 9.90. The van der Waals surface area contributed by atoms with Gasteiger partial charge in [-0.2, -0.15) is 0 Å². The number of rotatable bonds is 8. The van der Waals surface area contributed by atoms with Crippen molar-refractivity contribution in [2.75, 3.05) is 19.6 Å². The lowest BCUT2D eigenvalue weighted by Crippen LogP contribution is -2.45. The SMILES string of the molecule is CCCNC(=O)CNC(=O)CN1C(=O)N[C@](C)(c2ccc(C(C)C)cc2)C1=O. The van der Waals surface area contributed by atoms with Crippen molar-refractivity contribution in [3.05, 3.63) is 35.4 Å². The van der Waals surface area contributed by atoms with E-state index in [4.69, 9.17) is 0 Å². The highest BCUT2D eigenvalue weighted by Gasteiger charge is 2.49. The van der Waals surface area contributed by atoms with Crippen LogP contribution in [-0.4, -0.2) is 48.3 Å². The molecule has 1 heterocycles. The molecule has 1 aromatic rings. The molecule has 0 saturated carbocycles. The Kier molecular flexibility index (Phi) is 6.77. The maximum absolute atomic E-state index is 12.9. The minimum absolute atomic E-state index is 0.198. The van der Waals surface area contributed by atoms with Crippen LogP contribution >= 0.6 is 0 Å². The van der Waals surface area contributed by atoms with Gasteiger partial charge in [-0.3, -0.25) is 19.3 Å². The summed E-state index contributed by atoms with van der Waals surface area (Å²) < 4.78 is 0. The summed E-state index contributed by atoms with van der Waals surface area (Å²) in [5.41, 5.74) is 0.546. The van der Waals surface area contributed by atoms with Crippen molar-refractivity contribution in [3.63, 3.8) is 0 Å². The first kappa shape index (κ1) is 21.4. The van der Waals surface area contributed by atoms with E-state index in [1.54, 1.807) is 6.92 Å². The largest absolute Gasteiger partial charge is 0.355 e. The van der Waals surface area contributed by atoms with Crippen molar-refractivity contribution in [3.8, 4) is 0 Å². The maximum atomic E-state index is 12.9. The van der Waals surface area contributed by atoms with E-state index in [0.29, 0.717) is 18.0 Å². The Hall–Kier alpha value is -2.90.